The summed E-state index contributed by atoms with van der Waals surface area (Å²) in [5.41, 5.74) is 1.74. The summed E-state index contributed by atoms with van der Waals surface area (Å²) in [6.07, 6.45) is 3.28. The van der Waals surface area contributed by atoms with Gasteiger partial charge in [0.1, 0.15) is 11.5 Å². The van der Waals surface area contributed by atoms with Gasteiger partial charge in [0.05, 0.1) is 11.3 Å². The molecule has 0 saturated carbocycles. The molecule has 2 aromatic heterocycles. The molecule has 1 aliphatic rings. The van der Waals surface area contributed by atoms with Crippen LogP contribution in [0.3, 0.4) is 0 Å². The number of anilines is 1. The van der Waals surface area contributed by atoms with Crippen molar-refractivity contribution in [1.82, 2.24) is 4.98 Å². The fourth-order valence-electron chi connectivity index (χ4n) is 2.61. The second-order valence-electron chi connectivity index (χ2n) is 5.52. The van der Waals surface area contributed by atoms with Gasteiger partial charge in [0.25, 0.3) is 5.91 Å². The van der Waals surface area contributed by atoms with E-state index in [1.165, 1.54) is 11.3 Å². The van der Waals surface area contributed by atoms with Crippen molar-refractivity contribution in [3.63, 3.8) is 0 Å². The van der Waals surface area contributed by atoms with Crippen molar-refractivity contribution in [3.8, 4) is 0 Å². The van der Waals surface area contributed by atoms with Gasteiger partial charge in [-0.15, -0.1) is 11.3 Å². The van der Waals surface area contributed by atoms with Gasteiger partial charge >= 0.3 is 0 Å². The Morgan fingerprint density at radius 3 is 3.00 bits per heavy atom. The van der Waals surface area contributed by atoms with E-state index in [4.69, 9.17) is 4.42 Å². The molecule has 1 N–H and O–H groups in total. The summed E-state index contributed by atoms with van der Waals surface area (Å²) in [6.45, 7) is 5.91. The van der Waals surface area contributed by atoms with Crippen LogP contribution in [0, 0.1) is 19.8 Å². The maximum atomic E-state index is 12.2. The Labute approximate surface area is 122 Å². The van der Waals surface area contributed by atoms with Crippen LogP contribution in [0.15, 0.2) is 10.5 Å². The van der Waals surface area contributed by atoms with Gasteiger partial charge in [-0.05, 0) is 45.1 Å². The van der Waals surface area contributed by atoms with Gasteiger partial charge in [-0.1, -0.05) is 6.92 Å². The molecule has 20 heavy (non-hydrogen) atoms. The lowest BCUT2D eigenvalue weighted by Gasteiger charge is -2.15. The fourth-order valence-corrected chi connectivity index (χ4v) is 3.78. The van der Waals surface area contributed by atoms with E-state index < -0.39 is 0 Å². The summed E-state index contributed by atoms with van der Waals surface area (Å²) in [6, 6.07) is 1.76. The molecule has 0 aliphatic heterocycles. The van der Waals surface area contributed by atoms with Crippen LogP contribution in [0.1, 0.15) is 45.8 Å². The van der Waals surface area contributed by atoms with Crippen LogP contribution in [0.4, 0.5) is 5.13 Å². The average molecular weight is 290 g/mol. The van der Waals surface area contributed by atoms with E-state index in [2.05, 4.69) is 17.2 Å². The molecular weight excluding hydrogens is 272 g/mol. The van der Waals surface area contributed by atoms with Gasteiger partial charge in [0.15, 0.2) is 5.13 Å². The fraction of sp³-hybridized carbons (Fsp3) is 0.467. The van der Waals surface area contributed by atoms with Crippen molar-refractivity contribution >= 4 is 22.4 Å². The standard InChI is InChI=1S/C15H18N2O2S/c1-8-4-5-12-13(6-8)20-15(16-12)17-14(18)11-7-9(2)19-10(11)3/h7-8H,4-6H2,1-3H3,(H,16,17,18)/t8-/m0/s1. The average Bonchev–Trinajstić information content (AvgIpc) is 2.91. The normalized spacial score (nSPS) is 17.9. The SMILES string of the molecule is Cc1cc(C(=O)Nc2nc3c(s2)C[C@@H](C)CC3)c(C)o1. The Morgan fingerprint density at radius 2 is 2.30 bits per heavy atom. The molecule has 1 aliphatic carbocycles. The number of carbonyl (C=O) groups excluding carboxylic acids is 1. The number of aryl methyl sites for hydroxylation is 3. The minimum atomic E-state index is -0.140. The monoisotopic (exact) mass is 290 g/mol. The molecule has 1 amide bonds. The number of furan rings is 1. The summed E-state index contributed by atoms with van der Waals surface area (Å²) >= 11 is 1.60. The number of rotatable bonds is 2. The van der Waals surface area contributed by atoms with Crippen LogP contribution in [0.25, 0.3) is 0 Å². The number of amides is 1. The molecule has 2 aromatic rings. The number of nitrogens with one attached hydrogen (secondary N) is 1. The predicted molar refractivity (Wildman–Crippen MR) is 79.4 cm³/mol. The number of hydrogen-bond donors (Lipinski definition) is 1. The van der Waals surface area contributed by atoms with Crippen molar-refractivity contribution in [2.24, 2.45) is 5.92 Å². The second kappa shape index (κ2) is 5.05. The minimum absolute atomic E-state index is 0.140. The van der Waals surface area contributed by atoms with Crippen molar-refractivity contribution in [1.29, 1.82) is 0 Å². The number of hydrogen-bond acceptors (Lipinski definition) is 4. The van der Waals surface area contributed by atoms with Gasteiger partial charge in [-0.2, -0.15) is 0 Å². The summed E-state index contributed by atoms with van der Waals surface area (Å²) in [5, 5.41) is 3.59. The molecule has 106 valence electrons. The number of fused-ring (bicyclic) bond motifs is 1. The summed E-state index contributed by atoms with van der Waals surface area (Å²) in [5.74, 6) is 1.97. The highest BCUT2D eigenvalue weighted by atomic mass is 32.1. The zero-order chi connectivity index (χ0) is 14.3. The molecule has 0 aromatic carbocycles. The topological polar surface area (TPSA) is 55.1 Å². The molecule has 0 spiro atoms. The molecule has 0 fully saturated rings. The first kappa shape index (κ1) is 13.4. The predicted octanol–water partition coefficient (Wildman–Crippen LogP) is 3.73. The van der Waals surface area contributed by atoms with Gasteiger partial charge in [0.2, 0.25) is 0 Å². The molecule has 1 atom stereocenters. The summed E-state index contributed by atoms with van der Waals surface area (Å²) in [4.78, 5) is 18.1. The van der Waals surface area contributed by atoms with Gasteiger partial charge in [-0.25, -0.2) is 4.98 Å². The van der Waals surface area contributed by atoms with E-state index in [1.54, 1.807) is 24.3 Å². The number of thiazole rings is 1. The number of aromatic nitrogens is 1. The van der Waals surface area contributed by atoms with Crippen molar-refractivity contribution in [2.75, 3.05) is 5.32 Å². The molecule has 4 nitrogen and oxygen atoms in total. The zero-order valence-corrected chi connectivity index (χ0v) is 12.8. The highest BCUT2D eigenvalue weighted by Crippen LogP contribution is 2.32. The maximum Gasteiger partial charge on any atom is 0.260 e. The summed E-state index contributed by atoms with van der Waals surface area (Å²) < 4.78 is 5.39. The zero-order valence-electron chi connectivity index (χ0n) is 11.9. The Bertz CT molecular complexity index is 657. The Morgan fingerprint density at radius 1 is 1.50 bits per heavy atom. The van der Waals surface area contributed by atoms with E-state index in [1.807, 2.05) is 6.92 Å². The molecule has 0 bridgehead atoms. The van der Waals surface area contributed by atoms with E-state index >= 15 is 0 Å². The highest BCUT2D eigenvalue weighted by Gasteiger charge is 2.21. The molecule has 5 heteroatoms. The number of nitrogens with zero attached hydrogens (tertiary/aromatic N) is 1. The molecular formula is C15H18N2O2S. The van der Waals surface area contributed by atoms with E-state index in [0.29, 0.717) is 22.4 Å². The van der Waals surface area contributed by atoms with Crippen molar-refractivity contribution < 1.29 is 9.21 Å². The molecule has 0 radical (unpaired) electrons. The van der Waals surface area contributed by atoms with Crippen LogP contribution in [-0.2, 0) is 12.8 Å². The summed E-state index contributed by atoms with van der Waals surface area (Å²) in [7, 11) is 0. The van der Waals surface area contributed by atoms with Crippen LogP contribution >= 0.6 is 11.3 Å². The largest absolute Gasteiger partial charge is 0.466 e. The first-order valence-electron chi connectivity index (χ1n) is 6.90. The van der Waals surface area contributed by atoms with Gasteiger partial charge in [0, 0.05) is 4.88 Å². The Hall–Kier alpha value is -1.62. The van der Waals surface area contributed by atoms with Crippen molar-refractivity contribution in [2.45, 2.75) is 40.0 Å². The van der Waals surface area contributed by atoms with Crippen molar-refractivity contribution in [3.05, 3.63) is 33.7 Å². The molecule has 0 saturated heterocycles. The first-order valence-corrected chi connectivity index (χ1v) is 7.71. The molecule has 3 rings (SSSR count). The lowest BCUT2D eigenvalue weighted by atomic mass is 9.93. The maximum absolute atomic E-state index is 12.2. The van der Waals surface area contributed by atoms with E-state index in [9.17, 15) is 4.79 Å². The third-order valence-corrected chi connectivity index (χ3v) is 4.73. The van der Waals surface area contributed by atoms with Crippen LogP contribution in [0.5, 0.6) is 0 Å². The lowest BCUT2D eigenvalue weighted by Crippen LogP contribution is -2.12. The van der Waals surface area contributed by atoms with E-state index in [-0.39, 0.29) is 5.91 Å². The van der Waals surface area contributed by atoms with Crippen LogP contribution in [0.2, 0.25) is 0 Å². The molecule has 0 unspecified atom stereocenters. The van der Waals surface area contributed by atoms with Gasteiger partial charge in [-0.3, -0.25) is 10.1 Å². The van der Waals surface area contributed by atoms with Crippen LogP contribution < -0.4 is 5.32 Å². The highest BCUT2D eigenvalue weighted by molar-refractivity contribution is 7.15. The lowest BCUT2D eigenvalue weighted by molar-refractivity contribution is 0.102. The smallest absolute Gasteiger partial charge is 0.260 e. The molecule has 2 heterocycles. The Balaban J connectivity index is 1.78. The number of carbonyl (C=O) groups is 1. The first-order chi connectivity index (χ1) is 9.52. The van der Waals surface area contributed by atoms with E-state index in [0.717, 1.165) is 24.3 Å². The minimum Gasteiger partial charge on any atom is -0.466 e. The van der Waals surface area contributed by atoms with Crippen LogP contribution in [-0.4, -0.2) is 10.9 Å². The Kier molecular flexibility index (Phi) is 3.38. The quantitative estimate of drug-likeness (QED) is 0.917. The van der Waals surface area contributed by atoms with Gasteiger partial charge < -0.3 is 4.42 Å². The third-order valence-electron chi connectivity index (χ3n) is 3.69. The second-order valence-corrected chi connectivity index (χ2v) is 6.60. The third kappa shape index (κ3) is 2.50.